The van der Waals surface area contributed by atoms with E-state index in [1.807, 2.05) is 12.1 Å². The fourth-order valence-corrected chi connectivity index (χ4v) is 11.0. The molecule has 0 N–H and O–H groups in total. The molecule has 0 radical (unpaired) electrons. The molecular formula is C43H68O3. The average Bonchev–Trinajstić information content (AvgIpc) is 3.38. The van der Waals surface area contributed by atoms with E-state index in [-0.39, 0.29) is 11.5 Å². The first-order chi connectivity index (χ1) is 22.1. The van der Waals surface area contributed by atoms with Crippen molar-refractivity contribution in [3.8, 4) is 5.75 Å². The van der Waals surface area contributed by atoms with E-state index < -0.39 is 6.16 Å². The van der Waals surface area contributed by atoms with Crippen molar-refractivity contribution < 1.29 is 14.3 Å². The van der Waals surface area contributed by atoms with Crippen LogP contribution in [0.1, 0.15) is 163 Å². The Balaban J connectivity index is 1.09. The van der Waals surface area contributed by atoms with Gasteiger partial charge in [-0.15, -0.1) is 0 Å². The van der Waals surface area contributed by atoms with Gasteiger partial charge < -0.3 is 9.47 Å². The Morgan fingerprint density at radius 2 is 1.59 bits per heavy atom. The summed E-state index contributed by atoms with van der Waals surface area (Å²) in [6.07, 6.45) is 26.4. The van der Waals surface area contributed by atoms with Crippen molar-refractivity contribution in [1.82, 2.24) is 0 Å². The molecule has 0 aromatic heterocycles. The third-order valence-corrected chi connectivity index (χ3v) is 13.7. The van der Waals surface area contributed by atoms with Gasteiger partial charge in [-0.3, -0.25) is 0 Å². The molecule has 4 aliphatic carbocycles. The van der Waals surface area contributed by atoms with E-state index in [1.165, 1.54) is 102 Å². The zero-order valence-electron chi connectivity index (χ0n) is 30.6. The molecule has 0 amide bonds. The van der Waals surface area contributed by atoms with E-state index in [2.05, 4.69) is 59.8 Å². The zero-order chi connectivity index (χ0) is 32.7. The minimum atomic E-state index is -0.546. The lowest BCUT2D eigenvalue weighted by Crippen LogP contribution is -2.51. The summed E-state index contributed by atoms with van der Waals surface area (Å²) >= 11 is 0. The molecule has 8 atom stereocenters. The molecule has 3 nitrogen and oxygen atoms in total. The van der Waals surface area contributed by atoms with Crippen LogP contribution < -0.4 is 4.74 Å². The van der Waals surface area contributed by atoms with Gasteiger partial charge in [0.15, 0.2) is 0 Å². The van der Waals surface area contributed by atoms with E-state index in [9.17, 15) is 4.79 Å². The van der Waals surface area contributed by atoms with Crippen molar-refractivity contribution in [2.75, 3.05) is 0 Å². The molecule has 0 heterocycles. The molecule has 1 aromatic rings. The predicted octanol–water partition coefficient (Wildman–Crippen LogP) is 12.9. The van der Waals surface area contributed by atoms with Gasteiger partial charge >= 0.3 is 6.16 Å². The Bertz CT molecular complexity index is 1140. The molecule has 1 aromatic carbocycles. The highest BCUT2D eigenvalue weighted by molar-refractivity contribution is 5.64. The summed E-state index contributed by atoms with van der Waals surface area (Å²) in [6, 6.07) is 8.06. The fraction of sp³-hybridized carbons (Fsp3) is 0.791. The van der Waals surface area contributed by atoms with Gasteiger partial charge in [0.25, 0.3) is 0 Å². The molecule has 46 heavy (non-hydrogen) atoms. The number of allylic oxidation sites excluding steroid dienone is 1. The zero-order valence-corrected chi connectivity index (χ0v) is 30.6. The van der Waals surface area contributed by atoms with Crippen LogP contribution in [0.2, 0.25) is 0 Å². The fourth-order valence-electron chi connectivity index (χ4n) is 11.0. The second-order valence-corrected chi connectivity index (χ2v) is 17.1. The molecule has 4 aliphatic rings. The normalized spacial score (nSPS) is 32.7. The third kappa shape index (κ3) is 8.26. The van der Waals surface area contributed by atoms with E-state index in [4.69, 9.17) is 9.47 Å². The Morgan fingerprint density at radius 3 is 2.33 bits per heavy atom. The first-order valence-corrected chi connectivity index (χ1v) is 19.8. The van der Waals surface area contributed by atoms with Gasteiger partial charge in [-0.2, -0.15) is 0 Å². The molecule has 5 rings (SSSR count). The number of fused-ring (bicyclic) bond motifs is 5. The van der Waals surface area contributed by atoms with Crippen molar-refractivity contribution >= 4 is 6.16 Å². The van der Waals surface area contributed by atoms with Crippen molar-refractivity contribution in [2.45, 2.75) is 170 Å². The Labute approximate surface area is 283 Å². The molecular weight excluding hydrogens is 564 g/mol. The summed E-state index contributed by atoms with van der Waals surface area (Å²) in [4.78, 5) is 12.8. The minimum Gasteiger partial charge on any atom is -0.430 e. The third-order valence-electron chi connectivity index (χ3n) is 13.7. The molecule has 3 saturated carbocycles. The van der Waals surface area contributed by atoms with E-state index in [1.54, 1.807) is 5.57 Å². The first-order valence-electron chi connectivity index (χ1n) is 19.8. The molecule has 1 unspecified atom stereocenters. The lowest BCUT2D eigenvalue weighted by molar-refractivity contribution is -0.0597. The van der Waals surface area contributed by atoms with Crippen molar-refractivity contribution in [3.63, 3.8) is 0 Å². The highest BCUT2D eigenvalue weighted by Gasteiger charge is 2.59. The maximum atomic E-state index is 12.8. The van der Waals surface area contributed by atoms with Gasteiger partial charge in [0.05, 0.1) is 0 Å². The van der Waals surface area contributed by atoms with Crippen LogP contribution in [0.3, 0.4) is 0 Å². The lowest BCUT2D eigenvalue weighted by Gasteiger charge is -2.58. The van der Waals surface area contributed by atoms with Gasteiger partial charge in [-0.25, -0.2) is 4.79 Å². The van der Waals surface area contributed by atoms with Crippen LogP contribution in [0.15, 0.2) is 35.9 Å². The molecule has 0 saturated heterocycles. The quantitative estimate of drug-likeness (QED) is 0.0835. The summed E-state index contributed by atoms with van der Waals surface area (Å²) in [5.41, 5.74) is 3.67. The number of rotatable bonds is 15. The predicted molar refractivity (Wildman–Crippen MR) is 192 cm³/mol. The maximum absolute atomic E-state index is 12.8. The largest absolute Gasteiger partial charge is 0.514 e. The standard InChI is InChI=1S/C43H68O3/c1-7-8-9-10-11-12-13-17-33-18-21-35(22-19-33)45-41(44)46-36-26-28-42(5)34(30-36)20-23-37-39-25-24-38(32(4)16-14-15-31(2)3)43(39,6)29-27-40(37)42/h18-22,31-32,36-40H,7-17,23-30H2,1-6H3/t32-,36?,37+,38-,39+,40+,42+,43-/m1/s1. The molecule has 3 heteroatoms. The number of hydrogen-bond donors (Lipinski definition) is 0. The minimum absolute atomic E-state index is 0.0728. The summed E-state index contributed by atoms with van der Waals surface area (Å²) in [6.45, 7) is 14.8. The number of carbonyl (C=O) groups excluding carboxylic acids is 1. The monoisotopic (exact) mass is 633 g/mol. The van der Waals surface area contributed by atoms with Crippen LogP contribution >= 0.6 is 0 Å². The molecule has 258 valence electrons. The molecule has 0 bridgehead atoms. The van der Waals surface area contributed by atoms with Crippen LogP contribution in [0.5, 0.6) is 5.75 Å². The Hall–Kier alpha value is -1.77. The van der Waals surface area contributed by atoms with E-state index in [0.29, 0.717) is 11.2 Å². The number of unbranched alkanes of at least 4 members (excludes halogenated alkanes) is 6. The lowest BCUT2D eigenvalue weighted by atomic mass is 9.47. The Morgan fingerprint density at radius 1 is 0.848 bits per heavy atom. The second kappa shape index (κ2) is 16.1. The highest BCUT2D eigenvalue weighted by atomic mass is 16.7. The summed E-state index contributed by atoms with van der Waals surface area (Å²) in [7, 11) is 0. The highest BCUT2D eigenvalue weighted by Crippen LogP contribution is 2.67. The summed E-state index contributed by atoms with van der Waals surface area (Å²) in [5, 5.41) is 0. The van der Waals surface area contributed by atoms with Gasteiger partial charge in [0.1, 0.15) is 11.9 Å². The number of benzene rings is 1. The van der Waals surface area contributed by atoms with Crippen LogP contribution in [-0.4, -0.2) is 12.3 Å². The summed E-state index contributed by atoms with van der Waals surface area (Å²) in [5.74, 6) is 5.67. The van der Waals surface area contributed by atoms with Gasteiger partial charge in [0, 0.05) is 6.42 Å². The number of aryl methyl sites for hydroxylation is 1. The van der Waals surface area contributed by atoms with Gasteiger partial charge in [-0.1, -0.05) is 123 Å². The van der Waals surface area contributed by atoms with Crippen molar-refractivity contribution in [3.05, 3.63) is 41.5 Å². The van der Waals surface area contributed by atoms with Crippen LogP contribution in [0, 0.1) is 46.3 Å². The summed E-state index contributed by atoms with van der Waals surface area (Å²) < 4.78 is 11.6. The van der Waals surface area contributed by atoms with Gasteiger partial charge in [-0.05, 0) is 122 Å². The number of ether oxygens (including phenoxy) is 2. The first kappa shape index (κ1) is 35.5. The number of carbonyl (C=O) groups is 1. The number of hydrogen-bond acceptors (Lipinski definition) is 3. The maximum Gasteiger partial charge on any atom is 0.514 e. The van der Waals surface area contributed by atoms with E-state index >= 15 is 0 Å². The second-order valence-electron chi connectivity index (χ2n) is 17.1. The SMILES string of the molecule is CCCCCCCCCc1ccc(OC(=O)OC2CC[C@@]3(C)C(=CC[C@H]4[C@@H]5CC[C@H]([C@H](C)CCCC(C)C)[C@@]5(C)CC[C@@H]43)C2)cc1. The van der Waals surface area contributed by atoms with Crippen LogP contribution in [0.4, 0.5) is 4.79 Å². The topological polar surface area (TPSA) is 35.5 Å². The average molecular weight is 633 g/mol. The van der Waals surface area contributed by atoms with Gasteiger partial charge in [0.2, 0.25) is 0 Å². The molecule has 0 spiro atoms. The van der Waals surface area contributed by atoms with Crippen molar-refractivity contribution in [1.29, 1.82) is 0 Å². The molecule has 3 fully saturated rings. The van der Waals surface area contributed by atoms with Crippen LogP contribution in [0.25, 0.3) is 0 Å². The van der Waals surface area contributed by atoms with Crippen LogP contribution in [-0.2, 0) is 11.2 Å². The Kier molecular flexibility index (Phi) is 12.4. The van der Waals surface area contributed by atoms with E-state index in [0.717, 1.165) is 61.2 Å². The molecule has 0 aliphatic heterocycles. The van der Waals surface area contributed by atoms with Crippen molar-refractivity contribution in [2.24, 2.45) is 46.3 Å². The smallest absolute Gasteiger partial charge is 0.430 e.